The molecular formula is C21H23ClN4O4S2. The number of carbonyl (C=O) groups is 1. The Kier molecular flexibility index (Phi) is 6.66. The molecule has 0 saturated carbocycles. The van der Waals surface area contributed by atoms with E-state index in [9.17, 15) is 13.2 Å². The molecule has 11 heteroatoms. The number of aromatic nitrogens is 2. The lowest BCUT2D eigenvalue weighted by Gasteiger charge is -2.33. The number of nitrogens with zero attached hydrogens (tertiary/aromatic N) is 4. The van der Waals surface area contributed by atoms with Crippen molar-refractivity contribution in [2.45, 2.75) is 19.4 Å². The molecule has 0 N–H and O–H groups in total. The Morgan fingerprint density at radius 1 is 1.31 bits per heavy atom. The summed E-state index contributed by atoms with van der Waals surface area (Å²) in [4.78, 5) is 24.0. The van der Waals surface area contributed by atoms with Gasteiger partial charge in [0, 0.05) is 25.5 Å². The third-order valence-corrected chi connectivity index (χ3v) is 8.26. The first-order valence-corrected chi connectivity index (χ1v) is 13.1. The third-order valence-electron chi connectivity index (χ3n) is 5.46. The maximum absolute atomic E-state index is 13.7. The summed E-state index contributed by atoms with van der Waals surface area (Å²) in [5, 5.41) is 1.02. The van der Waals surface area contributed by atoms with E-state index >= 15 is 0 Å². The summed E-state index contributed by atoms with van der Waals surface area (Å²) in [5.41, 5.74) is 1.48. The van der Waals surface area contributed by atoms with Crippen LogP contribution >= 0.6 is 22.9 Å². The fraction of sp³-hybridized carbons (Fsp3) is 0.381. The molecule has 2 aromatic heterocycles. The molecule has 1 aromatic carbocycles. The zero-order valence-electron chi connectivity index (χ0n) is 17.7. The standard InChI is InChI=1S/C21H23ClN4O4S2/c1-30-17-6-5-16(22)19-18(17)24-21(31-19)26(12-14-7-9-23-10-8-14)20(27)15-4-3-11-25(13-15)32(2,28)29/h5-10,15H,3-4,11-13H2,1-2H3. The van der Waals surface area contributed by atoms with Gasteiger partial charge in [0.1, 0.15) is 11.3 Å². The minimum atomic E-state index is -3.37. The summed E-state index contributed by atoms with van der Waals surface area (Å²) < 4.78 is 31.7. The highest BCUT2D eigenvalue weighted by atomic mass is 35.5. The molecule has 1 aliphatic rings. The molecular weight excluding hydrogens is 472 g/mol. The largest absolute Gasteiger partial charge is 0.494 e. The summed E-state index contributed by atoms with van der Waals surface area (Å²) in [6.45, 7) is 0.886. The van der Waals surface area contributed by atoms with Gasteiger partial charge in [0.05, 0.1) is 35.6 Å². The van der Waals surface area contributed by atoms with E-state index < -0.39 is 15.9 Å². The van der Waals surface area contributed by atoms with Gasteiger partial charge in [0.25, 0.3) is 0 Å². The second-order valence-corrected chi connectivity index (χ2v) is 11.0. The van der Waals surface area contributed by atoms with Crippen LogP contribution in [0.25, 0.3) is 10.2 Å². The molecule has 1 atom stereocenters. The smallest absolute Gasteiger partial charge is 0.233 e. The number of amides is 1. The van der Waals surface area contributed by atoms with Gasteiger partial charge in [-0.3, -0.25) is 14.7 Å². The average Bonchev–Trinajstić information content (AvgIpc) is 3.24. The van der Waals surface area contributed by atoms with Gasteiger partial charge in [-0.25, -0.2) is 17.7 Å². The number of carbonyl (C=O) groups excluding carboxylic acids is 1. The number of anilines is 1. The number of sulfonamides is 1. The molecule has 8 nitrogen and oxygen atoms in total. The van der Waals surface area contributed by atoms with E-state index in [0.717, 1.165) is 10.3 Å². The van der Waals surface area contributed by atoms with Crippen molar-refractivity contribution in [2.75, 3.05) is 31.4 Å². The van der Waals surface area contributed by atoms with Gasteiger partial charge in [-0.05, 0) is 42.7 Å². The van der Waals surface area contributed by atoms with Crippen LogP contribution in [0.1, 0.15) is 18.4 Å². The second-order valence-electron chi connectivity index (χ2n) is 7.66. The van der Waals surface area contributed by atoms with Crippen LogP contribution in [0.15, 0.2) is 36.7 Å². The molecule has 3 aromatic rings. The lowest BCUT2D eigenvalue weighted by molar-refractivity contribution is -0.123. The minimum Gasteiger partial charge on any atom is -0.494 e. The van der Waals surface area contributed by atoms with Gasteiger partial charge in [-0.1, -0.05) is 22.9 Å². The van der Waals surface area contributed by atoms with Crippen molar-refractivity contribution in [2.24, 2.45) is 5.92 Å². The molecule has 4 rings (SSSR count). The molecule has 1 aliphatic heterocycles. The summed E-state index contributed by atoms with van der Waals surface area (Å²) in [5.74, 6) is -0.0434. The molecule has 0 bridgehead atoms. The first kappa shape index (κ1) is 22.9. The van der Waals surface area contributed by atoms with Crippen molar-refractivity contribution in [3.8, 4) is 5.75 Å². The number of hydrogen-bond donors (Lipinski definition) is 0. The normalized spacial score (nSPS) is 17.4. The number of halogens is 1. The molecule has 1 fully saturated rings. The van der Waals surface area contributed by atoms with Gasteiger partial charge in [-0.15, -0.1) is 0 Å². The fourth-order valence-corrected chi connectivity index (χ4v) is 5.97. The lowest BCUT2D eigenvalue weighted by Crippen LogP contribution is -2.46. The van der Waals surface area contributed by atoms with Gasteiger partial charge in [0.15, 0.2) is 5.13 Å². The van der Waals surface area contributed by atoms with Crippen LogP contribution in [0.2, 0.25) is 5.02 Å². The Labute approximate surface area is 195 Å². The molecule has 1 unspecified atom stereocenters. The molecule has 0 radical (unpaired) electrons. The number of pyridine rings is 1. The van der Waals surface area contributed by atoms with E-state index in [0.29, 0.717) is 40.8 Å². The number of methoxy groups -OCH3 is 1. The molecule has 3 heterocycles. The second kappa shape index (κ2) is 9.30. The number of hydrogen-bond acceptors (Lipinski definition) is 7. The summed E-state index contributed by atoms with van der Waals surface area (Å²) in [6, 6.07) is 7.16. The van der Waals surface area contributed by atoms with Crippen LogP contribution < -0.4 is 9.64 Å². The molecule has 1 saturated heterocycles. The Balaban J connectivity index is 1.73. The third kappa shape index (κ3) is 4.73. The van der Waals surface area contributed by atoms with Crippen molar-refractivity contribution in [1.82, 2.24) is 14.3 Å². The Hall–Kier alpha value is -2.27. The molecule has 0 spiro atoms. The summed E-state index contributed by atoms with van der Waals surface area (Å²) in [7, 11) is -1.81. The highest BCUT2D eigenvalue weighted by Crippen LogP contribution is 2.39. The zero-order valence-corrected chi connectivity index (χ0v) is 20.1. The number of piperidine rings is 1. The summed E-state index contributed by atoms with van der Waals surface area (Å²) in [6.07, 6.45) is 5.76. The lowest BCUT2D eigenvalue weighted by atomic mass is 9.98. The van der Waals surface area contributed by atoms with Gasteiger partial charge >= 0.3 is 0 Å². The van der Waals surface area contributed by atoms with Crippen LogP contribution in [0, 0.1) is 5.92 Å². The molecule has 1 amide bonds. The van der Waals surface area contributed by atoms with E-state index in [1.165, 1.54) is 21.9 Å². The van der Waals surface area contributed by atoms with E-state index in [-0.39, 0.29) is 19.0 Å². The first-order chi connectivity index (χ1) is 15.3. The van der Waals surface area contributed by atoms with Gasteiger partial charge < -0.3 is 4.74 Å². The predicted octanol–water partition coefficient (Wildman–Crippen LogP) is 3.56. The Bertz CT molecular complexity index is 1230. The van der Waals surface area contributed by atoms with E-state index in [1.54, 1.807) is 36.5 Å². The molecule has 32 heavy (non-hydrogen) atoms. The van der Waals surface area contributed by atoms with E-state index in [1.807, 2.05) is 12.1 Å². The van der Waals surface area contributed by atoms with Crippen LogP contribution in [-0.2, 0) is 21.4 Å². The van der Waals surface area contributed by atoms with Crippen molar-refractivity contribution in [3.63, 3.8) is 0 Å². The number of benzene rings is 1. The number of ether oxygens (including phenoxy) is 1. The van der Waals surface area contributed by atoms with Crippen LogP contribution in [0.4, 0.5) is 5.13 Å². The van der Waals surface area contributed by atoms with Crippen LogP contribution in [-0.4, -0.2) is 55.1 Å². The average molecular weight is 495 g/mol. The Morgan fingerprint density at radius 3 is 2.75 bits per heavy atom. The van der Waals surface area contributed by atoms with Gasteiger partial charge in [0.2, 0.25) is 15.9 Å². The van der Waals surface area contributed by atoms with Crippen molar-refractivity contribution < 1.29 is 17.9 Å². The minimum absolute atomic E-state index is 0.163. The number of fused-ring (bicyclic) bond motifs is 1. The summed E-state index contributed by atoms with van der Waals surface area (Å²) >= 11 is 7.71. The van der Waals surface area contributed by atoms with Crippen molar-refractivity contribution in [1.29, 1.82) is 0 Å². The van der Waals surface area contributed by atoms with E-state index in [4.69, 9.17) is 21.3 Å². The highest BCUT2D eigenvalue weighted by molar-refractivity contribution is 7.88. The highest BCUT2D eigenvalue weighted by Gasteiger charge is 2.34. The quantitative estimate of drug-likeness (QED) is 0.520. The monoisotopic (exact) mass is 494 g/mol. The van der Waals surface area contributed by atoms with Crippen LogP contribution in [0.5, 0.6) is 5.75 Å². The number of rotatable bonds is 6. The topological polar surface area (TPSA) is 92.7 Å². The number of thiazole rings is 1. The van der Waals surface area contributed by atoms with Crippen molar-refractivity contribution >= 4 is 54.2 Å². The first-order valence-electron chi connectivity index (χ1n) is 10.1. The fourth-order valence-electron chi connectivity index (χ4n) is 3.80. The SMILES string of the molecule is COc1ccc(Cl)c2sc(N(Cc3ccncc3)C(=O)C3CCCN(S(C)(=O)=O)C3)nc12. The molecule has 0 aliphatic carbocycles. The maximum atomic E-state index is 13.7. The maximum Gasteiger partial charge on any atom is 0.233 e. The van der Waals surface area contributed by atoms with Crippen molar-refractivity contribution in [3.05, 3.63) is 47.2 Å². The Morgan fingerprint density at radius 2 is 2.06 bits per heavy atom. The van der Waals surface area contributed by atoms with Gasteiger partial charge in [-0.2, -0.15) is 0 Å². The molecule has 170 valence electrons. The predicted molar refractivity (Wildman–Crippen MR) is 126 cm³/mol. The zero-order chi connectivity index (χ0) is 22.9. The van der Waals surface area contributed by atoms with Crippen LogP contribution in [0.3, 0.4) is 0 Å². The van der Waals surface area contributed by atoms with E-state index in [2.05, 4.69) is 4.98 Å².